The highest BCUT2D eigenvalue weighted by Gasteiger charge is 2.15. The molecular formula is C17H16BrNO4. The van der Waals surface area contributed by atoms with Crippen LogP contribution < -0.4 is 10.1 Å². The van der Waals surface area contributed by atoms with Crippen LogP contribution in [0.2, 0.25) is 0 Å². The minimum absolute atomic E-state index is 0.0487. The van der Waals surface area contributed by atoms with Crippen LogP contribution in [0.5, 0.6) is 5.75 Å². The van der Waals surface area contributed by atoms with Gasteiger partial charge in [-0.25, -0.2) is 0 Å². The molecule has 0 unspecified atom stereocenters. The number of hydrogen-bond donors (Lipinski definition) is 2. The molecule has 0 fully saturated rings. The molecule has 0 bridgehead atoms. The van der Waals surface area contributed by atoms with Crippen LogP contribution in [-0.4, -0.2) is 24.1 Å². The lowest BCUT2D eigenvalue weighted by Crippen LogP contribution is -2.14. The van der Waals surface area contributed by atoms with E-state index in [1.165, 1.54) is 7.11 Å². The van der Waals surface area contributed by atoms with Crippen LogP contribution in [0.3, 0.4) is 0 Å². The Morgan fingerprint density at radius 1 is 1.22 bits per heavy atom. The quantitative estimate of drug-likeness (QED) is 0.833. The summed E-state index contributed by atoms with van der Waals surface area (Å²) in [4.78, 5) is 23.1. The van der Waals surface area contributed by atoms with E-state index in [0.717, 1.165) is 10.0 Å². The number of methoxy groups -OCH3 is 1. The van der Waals surface area contributed by atoms with Crippen molar-refractivity contribution < 1.29 is 19.4 Å². The van der Waals surface area contributed by atoms with E-state index in [1.54, 1.807) is 30.3 Å². The van der Waals surface area contributed by atoms with E-state index >= 15 is 0 Å². The summed E-state index contributed by atoms with van der Waals surface area (Å²) in [5, 5.41) is 11.5. The number of ether oxygens (including phenoxy) is 1. The Kier molecular flexibility index (Phi) is 5.39. The zero-order valence-electron chi connectivity index (χ0n) is 12.7. The highest BCUT2D eigenvalue weighted by molar-refractivity contribution is 9.10. The van der Waals surface area contributed by atoms with Gasteiger partial charge in [0.2, 0.25) is 0 Å². The summed E-state index contributed by atoms with van der Waals surface area (Å²) in [6.45, 7) is 1.86. The number of rotatable bonds is 5. The molecule has 0 spiro atoms. The molecule has 0 heterocycles. The lowest BCUT2D eigenvalue weighted by molar-refractivity contribution is -0.136. The molecule has 0 aromatic heterocycles. The number of carbonyl (C=O) groups excluding carboxylic acids is 1. The smallest absolute Gasteiger partial charge is 0.307 e. The molecule has 6 heteroatoms. The van der Waals surface area contributed by atoms with Gasteiger partial charge in [-0.15, -0.1) is 0 Å². The van der Waals surface area contributed by atoms with Gasteiger partial charge in [-0.1, -0.05) is 28.1 Å². The first-order valence-corrected chi connectivity index (χ1v) is 7.66. The Bertz CT molecular complexity index is 741. The molecule has 2 N–H and O–H groups in total. The summed E-state index contributed by atoms with van der Waals surface area (Å²) in [5.41, 5.74) is 2.54. The lowest BCUT2D eigenvalue weighted by Gasteiger charge is -2.12. The molecule has 0 radical (unpaired) electrons. The summed E-state index contributed by atoms with van der Waals surface area (Å²) >= 11 is 3.37. The van der Waals surface area contributed by atoms with Crippen molar-refractivity contribution in [2.45, 2.75) is 13.3 Å². The second-order valence-corrected chi connectivity index (χ2v) is 5.94. The maximum Gasteiger partial charge on any atom is 0.307 e. The van der Waals surface area contributed by atoms with Crippen molar-refractivity contribution in [3.8, 4) is 5.75 Å². The van der Waals surface area contributed by atoms with Gasteiger partial charge in [-0.3, -0.25) is 9.59 Å². The summed E-state index contributed by atoms with van der Waals surface area (Å²) < 4.78 is 6.10. The number of carbonyl (C=O) groups is 2. The van der Waals surface area contributed by atoms with Gasteiger partial charge in [-0.05, 0) is 42.3 Å². The number of amides is 1. The van der Waals surface area contributed by atoms with Crippen molar-refractivity contribution in [2.24, 2.45) is 0 Å². The molecule has 0 aliphatic rings. The zero-order chi connectivity index (χ0) is 17.0. The van der Waals surface area contributed by atoms with Gasteiger partial charge >= 0.3 is 5.97 Å². The maximum atomic E-state index is 12.5. The standard InChI is InChI=1S/C17H16BrNO4/c1-10-7-12(18)9-14(16(10)23-2)17(22)19-13-5-3-11(4-6-13)8-15(20)21/h3-7,9H,8H2,1-2H3,(H,19,22)(H,20,21). The number of halogens is 1. The molecular weight excluding hydrogens is 362 g/mol. The first-order chi connectivity index (χ1) is 10.9. The van der Waals surface area contributed by atoms with Crippen LogP contribution in [0.15, 0.2) is 40.9 Å². The highest BCUT2D eigenvalue weighted by Crippen LogP contribution is 2.28. The molecule has 0 aliphatic carbocycles. The summed E-state index contributed by atoms with van der Waals surface area (Å²) in [6, 6.07) is 10.3. The van der Waals surface area contributed by atoms with Crippen LogP contribution in [-0.2, 0) is 11.2 Å². The first-order valence-electron chi connectivity index (χ1n) is 6.87. The number of anilines is 1. The highest BCUT2D eigenvalue weighted by atomic mass is 79.9. The van der Waals surface area contributed by atoms with Gasteiger partial charge in [-0.2, -0.15) is 0 Å². The predicted molar refractivity (Wildman–Crippen MR) is 91.2 cm³/mol. The van der Waals surface area contributed by atoms with Crippen molar-refractivity contribution in [3.05, 3.63) is 57.6 Å². The predicted octanol–water partition coefficient (Wildman–Crippen LogP) is 3.65. The van der Waals surface area contributed by atoms with Crippen molar-refractivity contribution in [3.63, 3.8) is 0 Å². The topological polar surface area (TPSA) is 75.6 Å². The van der Waals surface area contributed by atoms with Gasteiger partial charge in [0.25, 0.3) is 5.91 Å². The number of nitrogens with one attached hydrogen (secondary N) is 1. The van der Waals surface area contributed by atoms with Crippen LogP contribution >= 0.6 is 15.9 Å². The molecule has 23 heavy (non-hydrogen) atoms. The third-order valence-corrected chi connectivity index (χ3v) is 3.71. The average molecular weight is 378 g/mol. The number of aryl methyl sites for hydroxylation is 1. The maximum absolute atomic E-state index is 12.5. The molecule has 120 valence electrons. The molecule has 0 aliphatic heterocycles. The van der Waals surface area contributed by atoms with Crippen molar-refractivity contribution >= 4 is 33.5 Å². The molecule has 2 rings (SSSR count). The zero-order valence-corrected chi connectivity index (χ0v) is 14.3. The van der Waals surface area contributed by atoms with Gasteiger partial charge in [0.15, 0.2) is 0 Å². The van der Waals surface area contributed by atoms with Crippen molar-refractivity contribution in [1.29, 1.82) is 0 Å². The van der Waals surface area contributed by atoms with E-state index in [4.69, 9.17) is 9.84 Å². The van der Waals surface area contributed by atoms with E-state index in [0.29, 0.717) is 22.6 Å². The fourth-order valence-corrected chi connectivity index (χ4v) is 2.82. The normalized spacial score (nSPS) is 10.2. The van der Waals surface area contributed by atoms with E-state index in [-0.39, 0.29) is 12.3 Å². The van der Waals surface area contributed by atoms with E-state index < -0.39 is 5.97 Å². The second kappa shape index (κ2) is 7.28. The summed E-state index contributed by atoms with van der Waals surface area (Å²) in [5.74, 6) is -0.665. The van der Waals surface area contributed by atoms with Gasteiger partial charge < -0.3 is 15.2 Å². The van der Waals surface area contributed by atoms with Crippen molar-refractivity contribution in [2.75, 3.05) is 12.4 Å². The second-order valence-electron chi connectivity index (χ2n) is 5.03. The largest absolute Gasteiger partial charge is 0.496 e. The number of aliphatic carboxylic acids is 1. The number of carboxylic acid groups (broad SMARTS) is 1. The fourth-order valence-electron chi connectivity index (χ4n) is 2.25. The fraction of sp³-hybridized carbons (Fsp3) is 0.176. The van der Waals surface area contributed by atoms with Crippen LogP contribution in [0.4, 0.5) is 5.69 Å². The Morgan fingerprint density at radius 2 is 1.87 bits per heavy atom. The van der Waals surface area contributed by atoms with E-state index in [9.17, 15) is 9.59 Å². The van der Waals surface area contributed by atoms with Crippen LogP contribution in [0, 0.1) is 6.92 Å². The Balaban J connectivity index is 2.21. The van der Waals surface area contributed by atoms with Gasteiger partial charge in [0, 0.05) is 10.2 Å². The van der Waals surface area contributed by atoms with Crippen LogP contribution in [0.25, 0.3) is 0 Å². The van der Waals surface area contributed by atoms with Gasteiger partial charge in [0.1, 0.15) is 5.75 Å². The summed E-state index contributed by atoms with van der Waals surface area (Å²) in [6.07, 6.45) is -0.0487. The monoisotopic (exact) mass is 377 g/mol. The molecule has 0 atom stereocenters. The Morgan fingerprint density at radius 3 is 2.43 bits per heavy atom. The average Bonchev–Trinajstić information content (AvgIpc) is 2.48. The molecule has 0 saturated heterocycles. The summed E-state index contributed by atoms with van der Waals surface area (Å²) in [7, 11) is 1.52. The Labute approximate surface area is 142 Å². The minimum Gasteiger partial charge on any atom is -0.496 e. The lowest BCUT2D eigenvalue weighted by atomic mass is 10.1. The number of benzene rings is 2. The van der Waals surface area contributed by atoms with Crippen LogP contribution in [0.1, 0.15) is 21.5 Å². The Hall–Kier alpha value is -2.34. The molecule has 2 aromatic rings. The first kappa shape index (κ1) is 17.0. The van der Waals surface area contributed by atoms with E-state index in [1.807, 2.05) is 13.0 Å². The minimum atomic E-state index is -0.892. The van der Waals surface area contributed by atoms with Crippen molar-refractivity contribution in [1.82, 2.24) is 0 Å². The SMILES string of the molecule is COc1c(C)cc(Br)cc1C(=O)Nc1ccc(CC(=O)O)cc1. The third-order valence-electron chi connectivity index (χ3n) is 3.26. The molecule has 2 aromatic carbocycles. The van der Waals surface area contributed by atoms with Gasteiger partial charge in [0.05, 0.1) is 19.1 Å². The number of hydrogen-bond acceptors (Lipinski definition) is 3. The van der Waals surface area contributed by atoms with E-state index in [2.05, 4.69) is 21.2 Å². The third kappa shape index (κ3) is 4.32. The number of carboxylic acids is 1. The molecule has 5 nitrogen and oxygen atoms in total. The molecule has 1 amide bonds. The molecule has 0 saturated carbocycles.